The SMILES string of the molecule is CCCOc1ccc(NS(=O)(=O)c2cnc[nH]2)cc1Cl. The molecule has 0 saturated carbocycles. The fraction of sp³-hybridized carbons (Fsp3) is 0.250. The van der Waals surface area contributed by atoms with Crippen molar-refractivity contribution in [2.75, 3.05) is 11.3 Å². The molecule has 1 aromatic carbocycles. The molecule has 2 rings (SSSR count). The van der Waals surface area contributed by atoms with E-state index in [-0.39, 0.29) is 5.03 Å². The van der Waals surface area contributed by atoms with Gasteiger partial charge in [-0.05, 0) is 24.6 Å². The number of rotatable bonds is 6. The van der Waals surface area contributed by atoms with Gasteiger partial charge in [0.15, 0.2) is 5.03 Å². The van der Waals surface area contributed by atoms with E-state index in [0.29, 0.717) is 23.1 Å². The van der Waals surface area contributed by atoms with E-state index in [0.717, 1.165) is 6.42 Å². The zero-order chi connectivity index (χ0) is 14.6. The van der Waals surface area contributed by atoms with Crippen LogP contribution in [0.15, 0.2) is 35.7 Å². The van der Waals surface area contributed by atoms with Gasteiger partial charge in [0.2, 0.25) is 0 Å². The Morgan fingerprint density at radius 3 is 2.85 bits per heavy atom. The number of anilines is 1. The van der Waals surface area contributed by atoms with Crippen molar-refractivity contribution in [1.82, 2.24) is 9.97 Å². The Kier molecular flexibility index (Phi) is 4.51. The van der Waals surface area contributed by atoms with E-state index in [4.69, 9.17) is 16.3 Å². The number of nitrogens with zero attached hydrogens (tertiary/aromatic N) is 1. The summed E-state index contributed by atoms with van der Waals surface area (Å²) in [7, 11) is -3.68. The third kappa shape index (κ3) is 3.43. The van der Waals surface area contributed by atoms with Crippen molar-refractivity contribution in [1.29, 1.82) is 0 Å². The number of benzene rings is 1. The third-order valence-electron chi connectivity index (χ3n) is 2.41. The Bertz CT molecular complexity index is 671. The highest BCUT2D eigenvalue weighted by Crippen LogP contribution is 2.28. The molecule has 0 saturated heterocycles. The van der Waals surface area contributed by atoms with Crippen molar-refractivity contribution in [3.63, 3.8) is 0 Å². The van der Waals surface area contributed by atoms with Gasteiger partial charge in [0.05, 0.1) is 29.8 Å². The van der Waals surface area contributed by atoms with Gasteiger partial charge in [-0.15, -0.1) is 0 Å². The third-order valence-corrected chi connectivity index (χ3v) is 4.01. The lowest BCUT2D eigenvalue weighted by Gasteiger charge is -2.10. The number of H-pyrrole nitrogens is 1. The fourth-order valence-corrected chi connectivity index (χ4v) is 2.68. The quantitative estimate of drug-likeness (QED) is 0.858. The summed E-state index contributed by atoms with van der Waals surface area (Å²) in [6, 6.07) is 4.72. The second-order valence-corrected chi connectivity index (χ2v) is 6.07. The molecular formula is C12H14ClN3O3S. The van der Waals surface area contributed by atoms with Gasteiger partial charge >= 0.3 is 0 Å². The van der Waals surface area contributed by atoms with Crippen LogP contribution in [0.3, 0.4) is 0 Å². The highest BCUT2D eigenvalue weighted by atomic mass is 35.5. The van der Waals surface area contributed by atoms with Crippen LogP contribution >= 0.6 is 11.6 Å². The molecule has 8 heteroatoms. The standard InChI is InChI=1S/C12H14ClN3O3S/c1-2-5-19-11-4-3-9(6-10(11)13)16-20(17,18)12-7-14-8-15-12/h3-4,6-8,16H,2,5H2,1H3,(H,14,15). The molecule has 0 aliphatic rings. The van der Waals surface area contributed by atoms with Crippen LogP contribution in [0.1, 0.15) is 13.3 Å². The van der Waals surface area contributed by atoms with Crippen molar-refractivity contribution in [3.05, 3.63) is 35.7 Å². The monoisotopic (exact) mass is 315 g/mol. The van der Waals surface area contributed by atoms with Gasteiger partial charge in [-0.1, -0.05) is 18.5 Å². The lowest BCUT2D eigenvalue weighted by atomic mass is 10.3. The van der Waals surface area contributed by atoms with Gasteiger partial charge in [-0.2, -0.15) is 8.42 Å². The Morgan fingerprint density at radius 1 is 1.45 bits per heavy atom. The van der Waals surface area contributed by atoms with Gasteiger partial charge in [0.1, 0.15) is 5.75 Å². The largest absolute Gasteiger partial charge is 0.492 e. The number of sulfonamides is 1. The van der Waals surface area contributed by atoms with Gasteiger partial charge in [0, 0.05) is 0 Å². The maximum Gasteiger partial charge on any atom is 0.278 e. The fourth-order valence-electron chi connectivity index (χ4n) is 1.49. The molecule has 20 heavy (non-hydrogen) atoms. The zero-order valence-electron chi connectivity index (χ0n) is 10.8. The second kappa shape index (κ2) is 6.15. The van der Waals surface area contributed by atoms with Gasteiger partial charge in [0.25, 0.3) is 10.0 Å². The van der Waals surface area contributed by atoms with Crippen LogP contribution in [0.5, 0.6) is 5.75 Å². The molecule has 6 nitrogen and oxygen atoms in total. The molecule has 0 amide bonds. The van der Waals surface area contributed by atoms with Crippen molar-refractivity contribution in [3.8, 4) is 5.75 Å². The molecule has 0 unspecified atom stereocenters. The van der Waals surface area contributed by atoms with Crippen molar-refractivity contribution in [2.24, 2.45) is 0 Å². The van der Waals surface area contributed by atoms with Crippen molar-refractivity contribution < 1.29 is 13.2 Å². The first kappa shape index (κ1) is 14.7. The van der Waals surface area contributed by atoms with Crippen LogP contribution in [0.25, 0.3) is 0 Å². The first-order valence-electron chi connectivity index (χ1n) is 5.96. The number of hydrogen-bond acceptors (Lipinski definition) is 4. The maximum absolute atomic E-state index is 12.0. The average molecular weight is 316 g/mol. The molecule has 2 N–H and O–H groups in total. The molecule has 0 atom stereocenters. The molecule has 0 radical (unpaired) electrons. The topological polar surface area (TPSA) is 84.1 Å². The molecule has 0 fully saturated rings. The number of imidazole rings is 1. The van der Waals surface area contributed by atoms with Crippen molar-refractivity contribution in [2.45, 2.75) is 18.4 Å². The van der Waals surface area contributed by atoms with E-state index in [1.54, 1.807) is 12.1 Å². The molecule has 0 bridgehead atoms. The second-order valence-electron chi connectivity index (χ2n) is 4.02. The summed E-state index contributed by atoms with van der Waals surface area (Å²) in [5.74, 6) is 0.526. The predicted octanol–water partition coefficient (Wildman–Crippen LogP) is 2.65. The minimum absolute atomic E-state index is 0.0140. The van der Waals surface area contributed by atoms with Gasteiger partial charge < -0.3 is 9.72 Å². The van der Waals surface area contributed by atoms with Crippen LogP contribution in [0.2, 0.25) is 5.02 Å². The van der Waals surface area contributed by atoms with Crippen LogP contribution < -0.4 is 9.46 Å². The van der Waals surface area contributed by atoms with Gasteiger partial charge in [-0.3, -0.25) is 4.72 Å². The predicted molar refractivity (Wildman–Crippen MR) is 76.6 cm³/mol. The maximum atomic E-state index is 12.0. The van der Waals surface area contributed by atoms with E-state index >= 15 is 0 Å². The normalized spacial score (nSPS) is 11.3. The first-order valence-corrected chi connectivity index (χ1v) is 7.82. The number of ether oxygens (including phenoxy) is 1. The van der Waals surface area contributed by atoms with Gasteiger partial charge in [-0.25, -0.2) is 4.98 Å². The minimum atomic E-state index is -3.68. The molecule has 2 aromatic rings. The summed E-state index contributed by atoms with van der Waals surface area (Å²) in [6.07, 6.45) is 3.39. The molecule has 0 aliphatic carbocycles. The lowest BCUT2D eigenvalue weighted by molar-refractivity contribution is 0.317. The van der Waals surface area contributed by atoms with E-state index in [1.165, 1.54) is 18.6 Å². The smallest absolute Gasteiger partial charge is 0.278 e. The van der Waals surface area contributed by atoms with E-state index in [2.05, 4.69) is 14.7 Å². The van der Waals surface area contributed by atoms with Crippen LogP contribution in [0.4, 0.5) is 5.69 Å². The van der Waals surface area contributed by atoms with Crippen LogP contribution in [-0.4, -0.2) is 25.0 Å². The lowest BCUT2D eigenvalue weighted by Crippen LogP contribution is -2.13. The molecule has 0 spiro atoms. The summed E-state index contributed by atoms with van der Waals surface area (Å²) in [4.78, 5) is 6.21. The molecule has 108 valence electrons. The molecule has 0 aliphatic heterocycles. The Labute approximate surface area is 122 Å². The molecular weight excluding hydrogens is 302 g/mol. The zero-order valence-corrected chi connectivity index (χ0v) is 12.3. The Balaban J connectivity index is 2.17. The Morgan fingerprint density at radius 2 is 2.25 bits per heavy atom. The summed E-state index contributed by atoms with van der Waals surface area (Å²) in [5, 5.41) is 0.336. The minimum Gasteiger partial charge on any atom is -0.492 e. The Hall–Kier alpha value is -1.73. The van der Waals surface area contributed by atoms with E-state index in [1.807, 2.05) is 6.92 Å². The number of aromatic amines is 1. The van der Waals surface area contributed by atoms with Crippen LogP contribution in [0, 0.1) is 0 Å². The summed E-state index contributed by atoms with van der Waals surface area (Å²) in [5.41, 5.74) is 0.355. The summed E-state index contributed by atoms with van der Waals surface area (Å²) >= 11 is 6.04. The highest BCUT2D eigenvalue weighted by molar-refractivity contribution is 7.92. The van der Waals surface area contributed by atoms with E-state index < -0.39 is 10.0 Å². The van der Waals surface area contributed by atoms with Crippen LogP contribution in [-0.2, 0) is 10.0 Å². The number of aromatic nitrogens is 2. The number of nitrogens with one attached hydrogen (secondary N) is 2. The molecule has 1 heterocycles. The van der Waals surface area contributed by atoms with E-state index in [9.17, 15) is 8.42 Å². The first-order chi connectivity index (χ1) is 9.53. The summed E-state index contributed by atoms with van der Waals surface area (Å²) in [6.45, 7) is 2.54. The molecule has 1 aromatic heterocycles. The summed E-state index contributed by atoms with van der Waals surface area (Å²) < 4.78 is 31.8. The average Bonchev–Trinajstić information content (AvgIpc) is 2.92. The number of hydrogen-bond donors (Lipinski definition) is 2. The van der Waals surface area contributed by atoms with Crippen molar-refractivity contribution >= 4 is 27.3 Å². The highest BCUT2D eigenvalue weighted by Gasteiger charge is 2.16. The number of halogens is 1.